The molecule has 1 aliphatic heterocycles. The molecule has 0 aromatic heterocycles. The summed E-state index contributed by atoms with van der Waals surface area (Å²) < 4.78 is 0. The van der Waals surface area contributed by atoms with Gasteiger partial charge in [-0.2, -0.15) is 0 Å². The molecule has 0 radical (unpaired) electrons. The molecule has 1 heterocycles. The van der Waals surface area contributed by atoms with Crippen LogP contribution in [-0.4, -0.2) is 22.5 Å². The van der Waals surface area contributed by atoms with Crippen molar-refractivity contribution in [1.29, 1.82) is 0 Å². The van der Waals surface area contributed by atoms with Gasteiger partial charge in [-0.3, -0.25) is 24.5 Å². The summed E-state index contributed by atoms with van der Waals surface area (Å²) in [7, 11) is 0. The monoisotopic (exact) mass is 684 g/mol. The summed E-state index contributed by atoms with van der Waals surface area (Å²) >= 11 is 12.8. The molecule has 1 saturated carbocycles. The van der Waals surface area contributed by atoms with E-state index in [1.807, 2.05) is 60.7 Å². The second-order valence-corrected chi connectivity index (χ2v) is 13.5. The van der Waals surface area contributed by atoms with Crippen LogP contribution in [0.1, 0.15) is 27.8 Å². The zero-order chi connectivity index (χ0) is 34.2. The van der Waals surface area contributed by atoms with Crippen molar-refractivity contribution in [3.8, 4) is 0 Å². The van der Waals surface area contributed by atoms with Crippen molar-refractivity contribution in [2.45, 2.75) is 17.8 Å². The van der Waals surface area contributed by atoms with Gasteiger partial charge in [0.2, 0.25) is 11.8 Å². The van der Waals surface area contributed by atoms with E-state index in [1.54, 1.807) is 55.5 Å². The number of non-ortho nitro benzene ring substituents is 1. The van der Waals surface area contributed by atoms with Crippen molar-refractivity contribution in [1.82, 2.24) is 0 Å². The Kier molecular flexibility index (Phi) is 7.00. The van der Waals surface area contributed by atoms with Gasteiger partial charge in [-0.05, 0) is 70.2 Å². The van der Waals surface area contributed by atoms with Crippen LogP contribution in [0.4, 0.5) is 11.4 Å². The molecule has 7 nitrogen and oxygen atoms in total. The minimum Gasteiger partial charge on any atom is -0.297 e. The van der Waals surface area contributed by atoms with E-state index < -0.39 is 39.4 Å². The predicted molar refractivity (Wildman–Crippen MR) is 188 cm³/mol. The van der Waals surface area contributed by atoms with Gasteiger partial charge in [0, 0.05) is 22.2 Å². The molecule has 0 unspecified atom stereocenters. The van der Waals surface area contributed by atoms with E-state index in [1.165, 1.54) is 18.2 Å². The molecule has 8 rings (SSSR count). The summed E-state index contributed by atoms with van der Waals surface area (Å²) in [5.41, 5.74) is 0.834. The molecule has 1 saturated heterocycles. The fraction of sp³-hybridized carbons (Fsp3) is 0.125. The van der Waals surface area contributed by atoms with E-state index in [0.717, 1.165) is 16.0 Å². The fourth-order valence-corrected chi connectivity index (χ4v) is 8.80. The van der Waals surface area contributed by atoms with E-state index in [2.05, 4.69) is 0 Å². The first-order chi connectivity index (χ1) is 23.6. The van der Waals surface area contributed by atoms with E-state index in [9.17, 15) is 10.1 Å². The molecule has 2 fully saturated rings. The van der Waals surface area contributed by atoms with Crippen LogP contribution in [0.2, 0.25) is 10.0 Å². The number of carbonyl (C=O) groups is 3. The number of amides is 2. The van der Waals surface area contributed by atoms with Crippen LogP contribution in [0, 0.1) is 28.9 Å². The number of anilines is 1. The Bertz CT molecular complexity index is 2130. The third-order valence-corrected chi connectivity index (χ3v) is 10.9. The molecule has 5 aromatic carbocycles. The SMILES string of the molecule is Cc1ccc([N+](=O)[O-])cc1N1C(=O)[C@H]2[C@H](C1=O)[C@@]1(c3ccc(Cl)cc3)C(=O)[C@@]2(c2ccc(Cl)cc2)C(c2ccccc2)=C1c1ccccc1. The van der Waals surface area contributed by atoms with E-state index in [-0.39, 0.29) is 17.2 Å². The van der Waals surface area contributed by atoms with Crippen LogP contribution in [0.5, 0.6) is 0 Å². The second kappa shape index (κ2) is 11.1. The highest BCUT2D eigenvalue weighted by molar-refractivity contribution is 6.39. The lowest BCUT2D eigenvalue weighted by Crippen LogP contribution is -2.45. The summed E-state index contributed by atoms with van der Waals surface area (Å²) in [6.07, 6.45) is 0. The first kappa shape index (κ1) is 30.9. The average Bonchev–Trinajstić information content (AvgIpc) is 3.61. The predicted octanol–water partition coefficient (Wildman–Crippen LogP) is 8.40. The van der Waals surface area contributed by atoms with Crippen LogP contribution >= 0.6 is 23.2 Å². The molecule has 3 aliphatic rings. The number of fused-ring (bicyclic) bond motifs is 5. The van der Waals surface area contributed by atoms with Crippen molar-refractivity contribution < 1.29 is 19.3 Å². The zero-order valence-electron chi connectivity index (χ0n) is 26.0. The topological polar surface area (TPSA) is 97.6 Å². The maximum absolute atomic E-state index is 16.0. The lowest BCUT2D eigenvalue weighted by molar-refractivity contribution is -0.384. The summed E-state index contributed by atoms with van der Waals surface area (Å²) in [5, 5.41) is 12.8. The molecule has 2 aliphatic carbocycles. The van der Waals surface area contributed by atoms with Crippen molar-refractivity contribution in [3.05, 3.63) is 175 Å². The molecule has 4 atom stereocenters. The number of nitrogens with zero attached hydrogens (tertiary/aromatic N) is 2. The molecule has 5 aromatic rings. The number of imide groups is 1. The van der Waals surface area contributed by atoms with Gasteiger partial charge in [0.25, 0.3) is 5.69 Å². The lowest BCUT2D eigenvalue weighted by Gasteiger charge is -2.39. The zero-order valence-corrected chi connectivity index (χ0v) is 27.5. The van der Waals surface area contributed by atoms with Crippen LogP contribution in [0.3, 0.4) is 0 Å². The Labute approximate surface area is 291 Å². The number of hydrogen-bond donors (Lipinski definition) is 0. The number of nitro groups is 1. The third-order valence-electron chi connectivity index (χ3n) is 10.4. The molecule has 2 bridgehead atoms. The minimum atomic E-state index is -1.64. The minimum absolute atomic E-state index is 0.116. The fourth-order valence-electron chi connectivity index (χ4n) is 8.55. The van der Waals surface area contributed by atoms with Gasteiger partial charge in [-0.1, -0.05) is 114 Å². The number of ketones is 1. The molecule has 240 valence electrons. The number of Topliss-reactive ketones (excluding diaryl/α,β-unsaturated/α-hetero) is 1. The van der Waals surface area contributed by atoms with Gasteiger partial charge in [-0.25, -0.2) is 4.90 Å². The normalized spacial score (nSPS) is 24.1. The second-order valence-electron chi connectivity index (χ2n) is 12.6. The number of rotatable bonds is 6. The summed E-state index contributed by atoms with van der Waals surface area (Å²) in [4.78, 5) is 58.7. The third kappa shape index (κ3) is 4.06. The van der Waals surface area contributed by atoms with Gasteiger partial charge in [0.15, 0.2) is 5.78 Å². The molecule has 0 N–H and O–H groups in total. The van der Waals surface area contributed by atoms with Gasteiger partial charge in [-0.15, -0.1) is 0 Å². The summed E-state index contributed by atoms with van der Waals surface area (Å²) in [5.74, 6) is -3.87. The largest absolute Gasteiger partial charge is 0.297 e. The van der Waals surface area contributed by atoms with Crippen LogP contribution < -0.4 is 4.90 Å². The highest BCUT2D eigenvalue weighted by Crippen LogP contribution is 2.74. The number of aryl methyl sites for hydroxylation is 1. The number of nitro benzene ring substituents is 1. The first-order valence-electron chi connectivity index (χ1n) is 15.7. The first-order valence-corrected chi connectivity index (χ1v) is 16.4. The van der Waals surface area contributed by atoms with Crippen LogP contribution in [0.15, 0.2) is 127 Å². The molecule has 49 heavy (non-hydrogen) atoms. The summed E-state index contributed by atoms with van der Waals surface area (Å²) in [6.45, 7) is 1.69. The van der Waals surface area contributed by atoms with Crippen molar-refractivity contribution in [2.75, 3.05) is 4.90 Å². The summed E-state index contributed by atoms with van der Waals surface area (Å²) in [6, 6.07) is 36.8. The van der Waals surface area contributed by atoms with Gasteiger partial charge < -0.3 is 0 Å². The average molecular weight is 686 g/mol. The molecule has 0 spiro atoms. The number of benzene rings is 5. The van der Waals surface area contributed by atoms with Gasteiger partial charge in [0.05, 0.1) is 33.3 Å². The molecule has 2 amide bonds. The molecular weight excluding hydrogens is 659 g/mol. The Balaban J connectivity index is 1.55. The molecular formula is C40H26Cl2N2O5. The van der Waals surface area contributed by atoms with Crippen molar-refractivity contribution in [3.63, 3.8) is 0 Å². The van der Waals surface area contributed by atoms with Gasteiger partial charge >= 0.3 is 0 Å². The van der Waals surface area contributed by atoms with E-state index in [4.69, 9.17) is 23.2 Å². The number of hydrogen-bond acceptors (Lipinski definition) is 5. The van der Waals surface area contributed by atoms with E-state index >= 15 is 14.4 Å². The highest BCUT2D eigenvalue weighted by Gasteiger charge is 2.82. The maximum atomic E-state index is 16.0. The van der Waals surface area contributed by atoms with Crippen molar-refractivity contribution in [2.24, 2.45) is 11.8 Å². The van der Waals surface area contributed by atoms with E-state index in [0.29, 0.717) is 37.9 Å². The highest BCUT2D eigenvalue weighted by atomic mass is 35.5. The van der Waals surface area contributed by atoms with Gasteiger partial charge in [0.1, 0.15) is 0 Å². The lowest BCUT2D eigenvalue weighted by atomic mass is 9.59. The number of halogens is 2. The quantitative estimate of drug-likeness (QED) is 0.102. The van der Waals surface area contributed by atoms with Crippen LogP contribution in [-0.2, 0) is 25.2 Å². The Morgan fingerprint density at radius 1 is 0.633 bits per heavy atom. The van der Waals surface area contributed by atoms with Crippen molar-refractivity contribution >= 4 is 63.3 Å². The number of allylic oxidation sites excluding steroid dienone is 2. The Morgan fingerprint density at radius 3 is 1.47 bits per heavy atom. The Morgan fingerprint density at radius 2 is 1.06 bits per heavy atom. The number of carbonyl (C=O) groups excluding carboxylic acids is 3. The Hall–Kier alpha value is -5.37. The maximum Gasteiger partial charge on any atom is 0.271 e. The molecule has 9 heteroatoms. The van der Waals surface area contributed by atoms with Crippen LogP contribution in [0.25, 0.3) is 11.1 Å². The standard InChI is InChI=1S/C40H26Cl2N2O5/c1-23-12-21-30(44(48)49)22-31(23)43-36(45)34-35(37(43)46)40(27-15-19-29(42)20-16-27)33(25-10-6-3-7-11-25)32(24-8-4-2-5-9-24)39(34,38(40)47)26-13-17-28(41)18-14-26/h2-22,34-35H,1H3/t34-,35-,39+,40+/m1/s1. The smallest absolute Gasteiger partial charge is 0.271 e.